The van der Waals surface area contributed by atoms with E-state index in [2.05, 4.69) is 58.5 Å². The summed E-state index contributed by atoms with van der Waals surface area (Å²) in [5.74, 6) is 3.40. The molecule has 21 heavy (non-hydrogen) atoms. The maximum atomic E-state index is 10.7. The highest BCUT2D eigenvalue weighted by Gasteiger charge is 2.36. The average molecular weight is 366 g/mol. The van der Waals surface area contributed by atoms with Gasteiger partial charge in [-0.15, -0.1) is 5.54 Å². The first kappa shape index (κ1) is 23.1. The van der Waals surface area contributed by atoms with Crippen molar-refractivity contribution in [2.45, 2.75) is 30.5 Å². The van der Waals surface area contributed by atoms with Gasteiger partial charge < -0.3 is 9.04 Å². The van der Waals surface area contributed by atoms with Gasteiger partial charge in [0.1, 0.15) is 8.07 Å². The number of alkyl halides is 3. The summed E-state index contributed by atoms with van der Waals surface area (Å²) in [6.07, 6.45) is 2.13. The minimum absolute atomic E-state index is 0.409. The Morgan fingerprint density at radius 1 is 1.19 bits per heavy atom. The van der Waals surface area contributed by atoms with E-state index in [1.165, 1.54) is 0 Å². The zero-order valence-electron chi connectivity index (χ0n) is 13.2. The van der Waals surface area contributed by atoms with Crippen LogP contribution in [0.3, 0.4) is 0 Å². The second kappa shape index (κ2) is 7.87. The second-order valence-corrected chi connectivity index (χ2v) is 13.2. The third-order valence-corrected chi connectivity index (χ3v) is 4.44. The normalized spacial score (nSPS) is 14.4. The van der Waals surface area contributed by atoms with Crippen molar-refractivity contribution in [1.29, 1.82) is 0 Å². The molecule has 0 aromatic heterocycles. The summed E-state index contributed by atoms with van der Waals surface area (Å²) < 4.78 is 59.8. The summed E-state index contributed by atoms with van der Waals surface area (Å²) in [5.41, 5.74) is -2.21. The Bertz CT molecular complexity index is 482. The maximum absolute atomic E-state index is 10.7. The molecular weight excluding hydrogens is 343 g/mol. The minimum Gasteiger partial charge on any atom is -0.741 e. The molecule has 0 heterocycles. The van der Waals surface area contributed by atoms with Crippen LogP contribution in [0.5, 0.6) is 0 Å². The Balaban J connectivity index is 0. The third kappa shape index (κ3) is 12.1. The van der Waals surface area contributed by atoms with E-state index in [4.69, 9.17) is 13.0 Å². The Labute approximate surface area is 130 Å². The molecule has 0 spiro atoms. The maximum Gasteiger partial charge on any atom is 0.485 e. The molecule has 4 nitrogen and oxygen atoms in total. The van der Waals surface area contributed by atoms with E-state index < -0.39 is 23.7 Å². The van der Waals surface area contributed by atoms with Gasteiger partial charge in [-0.2, -0.15) is 13.2 Å². The molecule has 0 aromatic carbocycles. The lowest BCUT2D eigenvalue weighted by Gasteiger charge is -2.29. The number of rotatable bonds is 2. The molecule has 1 atom stereocenters. The van der Waals surface area contributed by atoms with Gasteiger partial charge in [-0.1, -0.05) is 31.4 Å². The number of halogens is 3. The van der Waals surface area contributed by atoms with E-state index in [9.17, 15) is 13.2 Å². The van der Waals surface area contributed by atoms with Crippen LogP contribution in [0.2, 0.25) is 19.6 Å². The van der Waals surface area contributed by atoms with Crippen LogP contribution >= 0.6 is 11.8 Å². The lowest BCUT2D eigenvalue weighted by molar-refractivity contribution is -0.872. The molecule has 0 aliphatic heterocycles. The topological polar surface area (TPSA) is 57.2 Å². The van der Waals surface area contributed by atoms with Gasteiger partial charge in [0.2, 0.25) is 0 Å². The van der Waals surface area contributed by atoms with E-state index in [1.54, 1.807) is 0 Å². The molecule has 0 bridgehead atoms. The van der Waals surface area contributed by atoms with Crippen molar-refractivity contribution < 1.29 is 30.6 Å². The van der Waals surface area contributed by atoms with Crippen LogP contribution in [0.15, 0.2) is 0 Å². The standard InChI is InChI=1S/C10H22NSSi.CHF3O3S/c1-11(2,3)10(12-4)8-9-13(5,6)7;2-1(3,4)8(5,6)7/h10H,1-7H3;(H,5,6,7)/q+1;/p-1. The quantitative estimate of drug-likeness (QED) is 0.188. The van der Waals surface area contributed by atoms with Crippen molar-refractivity contribution in [3.63, 3.8) is 0 Å². The fourth-order valence-electron chi connectivity index (χ4n) is 0.847. The molecule has 0 amide bonds. The lowest BCUT2D eigenvalue weighted by Crippen LogP contribution is -2.42. The number of hydrogen-bond donors (Lipinski definition) is 0. The second-order valence-electron chi connectivity index (χ2n) is 6.12. The van der Waals surface area contributed by atoms with Crippen LogP contribution in [0.25, 0.3) is 0 Å². The summed E-state index contributed by atoms with van der Waals surface area (Å²) in [6, 6.07) is 0. The van der Waals surface area contributed by atoms with Gasteiger partial charge >= 0.3 is 5.51 Å². The van der Waals surface area contributed by atoms with Gasteiger partial charge in [0.25, 0.3) is 0 Å². The zero-order valence-corrected chi connectivity index (χ0v) is 15.8. The zero-order chi connectivity index (χ0) is 17.7. The SMILES string of the molecule is CSC(C#C[Si](C)(C)C)[N+](C)(C)C.O=S(=O)([O-])C(F)(F)F. The van der Waals surface area contributed by atoms with Gasteiger partial charge in [-0.3, -0.25) is 0 Å². The number of thioether (sulfide) groups is 1. The Kier molecular flexibility index (Phi) is 8.64. The molecule has 10 heteroatoms. The van der Waals surface area contributed by atoms with Gasteiger partial charge in [-0.05, 0) is 12.2 Å². The van der Waals surface area contributed by atoms with E-state index in [0.29, 0.717) is 5.37 Å². The Morgan fingerprint density at radius 2 is 1.52 bits per heavy atom. The number of hydrogen-bond acceptors (Lipinski definition) is 4. The Morgan fingerprint density at radius 3 is 1.67 bits per heavy atom. The van der Waals surface area contributed by atoms with Crippen LogP contribution in [-0.2, 0) is 10.1 Å². The van der Waals surface area contributed by atoms with Crippen LogP contribution in [0.1, 0.15) is 0 Å². The fraction of sp³-hybridized carbons (Fsp3) is 0.818. The van der Waals surface area contributed by atoms with Crippen molar-refractivity contribution in [1.82, 2.24) is 0 Å². The molecule has 1 unspecified atom stereocenters. The van der Waals surface area contributed by atoms with Gasteiger partial charge in [0.05, 0.1) is 21.1 Å². The molecule has 0 aliphatic carbocycles. The molecule has 0 fully saturated rings. The van der Waals surface area contributed by atoms with E-state index in [-0.39, 0.29) is 0 Å². The first-order valence-corrected chi connectivity index (χ1v) is 12.0. The predicted octanol–water partition coefficient (Wildman–Crippen LogP) is 2.31. The van der Waals surface area contributed by atoms with E-state index >= 15 is 0 Å². The number of quaternary nitrogens is 1. The number of nitrogens with zero attached hydrogens (tertiary/aromatic N) is 1. The van der Waals surface area contributed by atoms with E-state index in [1.807, 2.05) is 11.8 Å². The summed E-state index contributed by atoms with van der Waals surface area (Å²) in [7, 11) is -0.706. The van der Waals surface area contributed by atoms with Crippen molar-refractivity contribution >= 4 is 30.0 Å². The highest BCUT2D eigenvalue weighted by molar-refractivity contribution is 7.99. The van der Waals surface area contributed by atoms with Gasteiger partial charge in [0, 0.05) is 0 Å². The van der Waals surface area contributed by atoms with Crippen molar-refractivity contribution in [3.05, 3.63) is 0 Å². The van der Waals surface area contributed by atoms with Crippen molar-refractivity contribution in [2.24, 2.45) is 0 Å². The van der Waals surface area contributed by atoms with Crippen LogP contribution < -0.4 is 0 Å². The molecule has 0 saturated heterocycles. The molecule has 0 aromatic rings. The third-order valence-electron chi connectivity index (χ3n) is 1.78. The van der Waals surface area contributed by atoms with Crippen molar-refractivity contribution in [3.8, 4) is 11.5 Å². The molecule has 0 saturated carbocycles. The minimum atomic E-state index is -6.09. The Hall–Kier alpha value is -0.213. The van der Waals surface area contributed by atoms with Crippen LogP contribution in [0.4, 0.5) is 13.2 Å². The first-order chi connectivity index (χ1) is 8.92. The molecule has 0 rings (SSSR count). The van der Waals surface area contributed by atoms with Gasteiger partial charge in [-0.25, -0.2) is 8.42 Å². The predicted molar refractivity (Wildman–Crippen MR) is 82.2 cm³/mol. The summed E-state index contributed by atoms with van der Waals surface area (Å²) in [4.78, 5) is 0. The lowest BCUT2D eigenvalue weighted by atomic mass is 10.5. The summed E-state index contributed by atoms with van der Waals surface area (Å²) in [5, 5.41) is 0.409. The summed E-state index contributed by atoms with van der Waals surface area (Å²) in [6.45, 7) is 6.85. The molecule has 0 aliphatic rings. The smallest absolute Gasteiger partial charge is 0.485 e. The van der Waals surface area contributed by atoms with Crippen LogP contribution in [-0.4, -0.2) is 63.8 Å². The molecule has 0 N–H and O–H groups in total. The van der Waals surface area contributed by atoms with Crippen LogP contribution in [0, 0.1) is 11.5 Å². The molecule has 126 valence electrons. The fourth-order valence-corrected chi connectivity index (χ4v) is 2.33. The highest BCUT2D eigenvalue weighted by atomic mass is 32.2. The monoisotopic (exact) mass is 365 g/mol. The molecule has 0 radical (unpaired) electrons. The first-order valence-electron chi connectivity index (χ1n) is 5.80. The average Bonchev–Trinajstić information content (AvgIpc) is 2.11. The highest BCUT2D eigenvalue weighted by Crippen LogP contribution is 2.20. The van der Waals surface area contributed by atoms with Gasteiger partial charge in [0.15, 0.2) is 15.5 Å². The van der Waals surface area contributed by atoms with Crippen molar-refractivity contribution in [2.75, 3.05) is 27.4 Å². The summed E-state index contributed by atoms with van der Waals surface area (Å²) >= 11 is 1.84. The largest absolute Gasteiger partial charge is 0.741 e. The van der Waals surface area contributed by atoms with E-state index in [0.717, 1.165) is 4.48 Å². The molecular formula is C11H22F3NO3S2Si.